The Morgan fingerprint density at radius 3 is 2.29 bits per heavy atom. The first-order valence-electron chi connectivity index (χ1n) is 1.65. The molecule has 0 atom stereocenters. The summed E-state index contributed by atoms with van der Waals surface area (Å²) >= 11 is 4.25. The zero-order valence-corrected chi connectivity index (χ0v) is 8.91. The number of methoxy groups -OCH3 is 1. The van der Waals surface area contributed by atoms with Crippen LogP contribution < -0.4 is 0 Å². The minimum atomic E-state index is 1.19. The van der Waals surface area contributed by atoms with Gasteiger partial charge in [0.2, 0.25) is 0 Å². The van der Waals surface area contributed by atoms with E-state index >= 15 is 0 Å². The molecule has 0 aromatic carbocycles. The molecular formula is C4H7BrOZn. The van der Waals surface area contributed by atoms with Crippen LogP contribution in [-0.4, -0.2) is 7.11 Å². The molecule has 0 spiro atoms. The summed E-state index contributed by atoms with van der Waals surface area (Å²) in [6, 6.07) is 0. The first-order chi connectivity index (χ1) is 3.41. The van der Waals surface area contributed by atoms with Gasteiger partial charge in [-0.1, -0.05) is 0 Å². The number of rotatable bonds is 2. The van der Waals surface area contributed by atoms with E-state index in [1.165, 1.54) is 22.9 Å². The molecule has 7 heavy (non-hydrogen) atoms. The molecule has 3 heteroatoms. The quantitative estimate of drug-likeness (QED) is 0.505. The third kappa shape index (κ3) is 20.4. The predicted octanol–water partition coefficient (Wildman–Crippen LogP) is 1.82. The summed E-state index contributed by atoms with van der Waals surface area (Å²) < 4.78 is 4.45. The molecule has 0 unspecified atom stereocenters. The van der Waals surface area contributed by atoms with Crippen molar-refractivity contribution in [1.82, 2.24) is 0 Å². The summed E-state index contributed by atoms with van der Waals surface area (Å²) in [6.45, 7) is 4.88. The number of halogens is 1. The van der Waals surface area contributed by atoms with Crippen molar-refractivity contribution in [2.75, 3.05) is 7.11 Å². The van der Waals surface area contributed by atoms with Crippen LogP contribution in [0.3, 0.4) is 0 Å². The molecule has 0 amide bonds. The number of ether oxygens (including phenoxy) is 1. The average Bonchev–Trinajstić information content (AvgIpc) is 1.75. The summed E-state index contributed by atoms with van der Waals surface area (Å²) in [5.74, 6) is 0. The molecule has 0 heterocycles. The molecule has 0 radical (unpaired) electrons. The van der Waals surface area contributed by atoms with Gasteiger partial charge in [0, 0.05) is 7.11 Å². The molecule has 0 aliphatic heterocycles. The summed E-state index contributed by atoms with van der Waals surface area (Å²) in [6.07, 6.45) is 1.58. The van der Waals surface area contributed by atoms with Crippen LogP contribution in [0.1, 0.15) is 0 Å². The topological polar surface area (TPSA) is 9.23 Å². The maximum atomic E-state index is 4.45. The number of hydrogen-bond donors (Lipinski definition) is 0. The normalized spacial score (nSPS) is 5.71. The van der Waals surface area contributed by atoms with Crippen LogP contribution in [0.25, 0.3) is 0 Å². The molecule has 0 bridgehead atoms. The molecule has 0 aromatic heterocycles. The Hall–Kier alpha value is 0.673. The fourth-order valence-electron chi connectivity index (χ4n) is 0.0962. The standard InChI is InChI=1S/C4H7O.BrH.Zn/c1-3-4-5-2;;/h3-4H,1H2,2H3;1H;/q-1;;+2/p-1. The summed E-state index contributed by atoms with van der Waals surface area (Å²) in [5, 5.41) is 0. The van der Waals surface area contributed by atoms with E-state index in [4.69, 9.17) is 0 Å². The van der Waals surface area contributed by atoms with Gasteiger partial charge >= 0.3 is 30.0 Å². The molecule has 0 aliphatic rings. The van der Waals surface area contributed by atoms with Crippen molar-refractivity contribution in [3.8, 4) is 0 Å². The minimum absolute atomic E-state index is 1.19. The first-order valence-corrected chi connectivity index (χ1v) is 8.60. The molecule has 0 fully saturated rings. The Bertz CT molecular complexity index is 32.9. The van der Waals surface area contributed by atoms with Crippen LogP contribution >= 0.6 is 13.6 Å². The predicted molar refractivity (Wildman–Crippen MR) is 30.4 cm³/mol. The fourth-order valence-corrected chi connectivity index (χ4v) is 0.0962. The Morgan fingerprint density at radius 1 is 1.86 bits per heavy atom. The molecular weight excluding hydrogens is 209 g/mol. The van der Waals surface area contributed by atoms with Crippen LogP contribution in [0.15, 0.2) is 12.7 Å². The van der Waals surface area contributed by atoms with Gasteiger partial charge in [-0.15, -0.1) is 6.61 Å². The van der Waals surface area contributed by atoms with Crippen LogP contribution in [0.5, 0.6) is 0 Å². The van der Waals surface area contributed by atoms with E-state index in [0.717, 1.165) is 0 Å². The van der Waals surface area contributed by atoms with Crippen molar-refractivity contribution >= 4 is 13.6 Å². The van der Waals surface area contributed by atoms with Crippen LogP contribution in [0.2, 0.25) is 0 Å². The van der Waals surface area contributed by atoms with Gasteiger partial charge in [0.25, 0.3) is 0 Å². The molecule has 0 aliphatic carbocycles. The fraction of sp³-hybridized carbons (Fsp3) is 0.250. The Kier molecular flexibility index (Phi) is 24.1. The molecule has 0 N–H and O–H groups in total. The van der Waals surface area contributed by atoms with E-state index in [2.05, 4.69) is 24.9 Å². The second kappa shape index (κ2) is 15.9. The SMILES string of the molecule is C=C[CH-]OC.[Zn+][Br]. The summed E-state index contributed by atoms with van der Waals surface area (Å²) in [5.41, 5.74) is 0. The van der Waals surface area contributed by atoms with Crippen molar-refractivity contribution in [2.45, 2.75) is 0 Å². The van der Waals surface area contributed by atoms with E-state index < -0.39 is 0 Å². The van der Waals surface area contributed by atoms with Gasteiger partial charge in [0.15, 0.2) is 0 Å². The van der Waals surface area contributed by atoms with Crippen LogP contribution in [-0.2, 0) is 21.1 Å². The third-order valence-electron chi connectivity index (χ3n) is 0.232. The van der Waals surface area contributed by atoms with E-state index in [1.807, 2.05) is 0 Å². The van der Waals surface area contributed by atoms with Gasteiger partial charge in [-0.3, -0.25) is 0 Å². The first kappa shape index (κ1) is 10.6. The van der Waals surface area contributed by atoms with Gasteiger partial charge in [-0.2, -0.15) is 0 Å². The third-order valence-corrected chi connectivity index (χ3v) is 0.232. The van der Waals surface area contributed by atoms with Crippen LogP contribution in [0.4, 0.5) is 0 Å². The van der Waals surface area contributed by atoms with Gasteiger partial charge < -0.3 is 4.74 Å². The van der Waals surface area contributed by atoms with Gasteiger partial charge in [0.1, 0.15) is 0 Å². The van der Waals surface area contributed by atoms with Crippen molar-refractivity contribution in [2.24, 2.45) is 0 Å². The molecule has 1 nitrogen and oxygen atoms in total. The Balaban J connectivity index is 0. The van der Waals surface area contributed by atoms with Gasteiger partial charge in [-0.25, -0.2) is 12.7 Å². The molecule has 0 saturated carbocycles. The van der Waals surface area contributed by atoms with Crippen molar-refractivity contribution in [3.05, 3.63) is 19.3 Å². The molecule has 38 valence electrons. The monoisotopic (exact) mass is 214 g/mol. The van der Waals surface area contributed by atoms with E-state index in [9.17, 15) is 0 Å². The summed E-state index contributed by atoms with van der Waals surface area (Å²) in [4.78, 5) is 0. The van der Waals surface area contributed by atoms with E-state index in [0.29, 0.717) is 0 Å². The maximum absolute atomic E-state index is 4.45. The second-order valence-electron chi connectivity index (χ2n) is 0.607. The van der Waals surface area contributed by atoms with Crippen LogP contribution in [0, 0.1) is 6.61 Å². The number of hydrogen-bond acceptors (Lipinski definition) is 1. The van der Waals surface area contributed by atoms with Crippen molar-refractivity contribution in [1.29, 1.82) is 0 Å². The van der Waals surface area contributed by atoms with Gasteiger partial charge in [-0.05, 0) is 0 Å². The van der Waals surface area contributed by atoms with Gasteiger partial charge in [0.05, 0.1) is 0 Å². The zero-order valence-electron chi connectivity index (χ0n) is 4.36. The summed E-state index contributed by atoms with van der Waals surface area (Å²) in [7, 11) is 1.58. The van der Waals surface area contributed by atoms with E-state index in [1.54, 1.807) is 13.2 Å². The van der Waals surface area contributed by atoms with Crippen molar-refractivity contribution in [3.63, 3.8) is 0 Å². The van der Waals surface area contributed by atoms with E-state index in [-0.39, 0.29) is 0 Å². The zero-order chi connectivity index (χ0) is 6.12. The average molecular weight is 216 g/mol. The molecule has 0 saturated heterocycles. The second-order valence-corrected chi connectivity index (χ2v) is 0.607. The Labute approximate surface area is 61.2 Å². The molecule has 0 aromatic rings. The Morgan fingerprint density at radius 2 is 2.29 bits per heavy atom. The molecule has 0 rings (SSSR count). The van der Waals surface area contributed by atoms with Crippen molar-refractivity contribution < 1.29 is 21.1 Å².